The van der Waals surface area contributed by atoms with Crippen LogP contribution in [0.4, 0.5) is 0 Å². The fourth-order valence-electron chi connectivity index (χ4n) is 3.60. The van der Waals surface area contributed by atoms with Gasteiger partial charge in [-0.1, -0.05) is 23.7 Å². The lowest BCUT2D eigenvalue weighted by Crippen LogP contribution is -3.11. The number of nitrogens with zero attached hydrogens (tertiary/aromatic N) is 1. The molecule has 1 saturated heterocycles. The van der Waals surface area contributed by atoms with Gasteiger partial charge in [0.15, 0.2) is 0 Å². The summed E-state index contributed by atoms with van der Waals surface area (Å²) in [5, 5.41) is 1.74. The SMILES string of the molecule is CCOC(=O)C1CC[NH+](Cc2cc3ccc(C)c(C)c3nc2Cl)CC1. The van der Waals surface area contributed by atoms with E-state index in [0.29, 0.717) is 11.8 Å². The predicted molar refractivity (Wildman–Crippen MR) is 100.0 cm³/mol. The number of ether oxygens (including phenoxy) is 1. The Hall–Kier alpha value is -1.65. The summed E-state index contributed by atoms with van der Waals surface area (Å²) in [6.07, 6.45) is 1.76. The second-order valence-electron chi connectivity index (χ2n) is 6.97. The highest BCUT2D eigenvalue weighted by molar-refractivity contribution is 6.30. The fraction of sp³-hybridized carbons (Fsp3) is 0.500. The standard InChI is InChI=1S/C20H25ClN2O2/c1-4-25-20(24)15-7-9-23(10-8-15)12-17-11-16-6-5-13(2)14(3)18(16)22-19(17)21/h5-6,11,15H,4,7-10,12H2,1-3H3/p+1. The van der Waals surface area contributed by atoms with E-state index in [1.165, 1.54) is 16.0 Å². The van der Waals surface area contributed by atoms with Crippen LogP contribution < -0.4 is 4.90 Å². The third-order valence-corrected chi connectivity index (χ3v) is 5.62. The van der Waals surface area contributed by atoms with Gasteiger partial charge in [-0.25, -0.2) is 4.98 Å². The molecular formula is C20H26ClN2O2+. The molecule has 1 aromatic heterocycles. The van der Waals surface area contributed by atoms with Gasteiger partial charge in [0.1, 0.15) is 11.7 Å². The van der Waals surface area contributed by atoms with E-state index in [-0.39, 0.29) is 11.9 Å². The van der Waals surface area contributed by atoms with E-state index in [4.69, 9.17) is 16.3 Å². The largest absolute Gasteiger partial charge is 0.466 e. The van der Waals surface area contributed by atoms with Crippen LogP contribution in [0.1, 0.15) is 36.5 Å². The third kappa shape index (κ3) is 3.96. The van der Waals surface area contributed by atoms with Crippen molar-refractivity contribution < 1.29 is 14.4 Å². The highest BCUT2D eigenvalue weighted by atomic mass is 35.5. The summed E-state index contributed by atoms with van der Waals surface area (Å²) in [6, 6.07) is 6.42. The number of esters is 1. The highest BCUT2D eigenvalue weighted by Crippen LogP contribution is 2.24. The van der Waals surface area contributed by atoms with Crippen molar-refractivity contribution in [2.24, 2.45) is 5.92 Å². The molecule has 1 aliphatic rings. The quantitative estimate of drug-likeness (QED) is 0.672. The Kier molecular flexibility index (Phi) is 5.60. The summed E-state index contributed by atoms with van der Waals surface area (Å²) >= 11 is 6.47. The first-order valence-electron chi connectivity index (χ1n) is 9.05. The molecule has 0 spiro atoms. The molecule has 0 amide bonds. The number of aromatic nitrogens is 1. The predicted octanol–water partition coefficient (Wildman–Crippen LogP) is 2.86. The maximum absolute atomic E-state index is 11.9. The van der Waals surface area contributed by atoms with Crippen LogP contribution in [0.2, 0.25) is 5.15 Å². The summed E-state index contributed by atoms with van der Waals surface area (Å²) in [4.78, 5) is 18.0. The molecule has 0 atom stereocenters. The Morgan fingerprint density at radius 2 is 2.04 bits per heavy atom. The molecule has 25 heavy (non-hydrogen) atoms. The molecule has 0 saturated carbocycles. The maximum Gasteiger partial charge on any atom is 0.309 e. The number of pyridine rings is 1. The number of hydrogen-bond donors (Lipinski definition) is 1. The Morgan fingerprint density at radius 3 is 2.72 bits per heavy atom. The number of benzene rings is 1. The number of fused-ring (bicyclic) bond motifs is 1. The van der Waals surface area contributed by atoms with Crippen LogP contribution in [0.25, 0.3) is 10.9 Å². The van der Waals surface area contributed by atoms with Gasteiger partial charge in [-0.15, -0.1) is 0 Å². The number of aryl methyl sites for hydroxylation is 2. The number of piperidine rings is 1. The molecule has 2 aromatic rings. The van der Waals surface area contributed by atoms with Crippen LogP contribution >= 0.6 is 11.6 Å². The lowest BCUT2D eigenvalue weighted by molar-refractivity contribution is -0.919. The Bertz CT molecular complexity index is 783. The molecule has 1 aliphatic heterocycles. The Morgan fingerprint density at radius 1 is 1.32 bits per heavy atom. The van der Waals surface area contributed by atoms with E-state index >= 15 is 0 Å². The van der Waals surface area contributed by atoms with Gasteiger partial charge in [-0.05, 0) is 38.0 Å². The molecule has 3 rings (SSSR count). The van der Waals surface area contributed by atoms with Crippen LogP contribution in [0.15, 0.2) is 18.2 Å². The first-order chi connectivity index (χ1) is 12.0. The summed E-state index contributed by atoms with van der Waals surface area (Å²) in [5.41, 5.74) is 4.50. The maximum atomic E-state index is 11.9. The summed E-state index contributed by atoms with van der Waals surface area (Å²) in [7, 11) is 0. The molecular weight excluding hydrogens is 336 g/mol. The second kappa shape index (κ2) is 7.71. The average Bonchev–Trinajstić information content (AvgIpc) is 2.60. The van der Waals surface area contributed by atoms with Crippen molar-refractivity contribution in [1.82, 2.24) is 4.98 Å². The smallest absolute Gasteiger partial charge is 0.309 e. The monoisotopic (exact) mass is 361 g/mol. The van der Waals surface area contributed by atoms with Gasteiger partial charge in [0.2, 0.25) is 0 Å². The minimum atomic E-state index is -0.0437. The van der Waals surface area contributed by atoms with E-state index in [2.05, 4.69) is 37.0 Å². The third-order valence-electron chi connectivity index (χ3n) is 5.29. The van der Waals surface area contributed by atoms with E-state index in [0.717, 1.165) is 48.9 Å². The topological polar surface area (TPSA) is 43.6 Å². The van der Waals surface area contributed by atoms with Crippen LogP contribution in [0.3, 0.4) is 0 Å². The summed E-state index contributed by atoms with van der Waals surface area (Å²) in [5.74, 6) is 0.0114. The molecule has 0 aliphatic carbocycles. The number of quaternary nitrogens is 1. The number of hydrogen-bond acceptors (Lipinski definition) is 3. The van der Waals surface area contributed by atoms with Crippen LogP contribution in [-0.2, 0) is 16.1 Å². The zero-order valence-corrected chi connectivity index (χ0v) is 15.9. The lowest BCUT2D eigenvalue weighted by atomic mass is 9.96. The first-order valence-corrected chi connectivity index (χ1v) is 9.43. The molecule has 134 valence electrons. The van der Waals surface area contributed by atoms with Crippen molar-refractivity contribution in [3.05, 3.63) is 40.0 Å². The second-order valence-corrected chi connectivity index (χ2v) is 7.33. The summed E-state index contributed by atoms with van der Waals surface area (Å²) < 4.78 is 5.14. The van der Waals surface area contributed by atoms with Crippen LogP contribution in [0.5, 0.6) is 0 Å². The number of carbonyl (C=O) groups excluding carboxylic acids is 1. The van der Waals surface area contributed by atoms with Gasteiger partial charge in [0, 0.05) is 23.8 Å². The van der Waals surface area contributed by atoms with E-state index in [1.54, 1.807) is 0 Å². The molecule has 0 unspecified atom stereocenters. The van der Waals surface area contributed by atoms with Crippen molar-refractivity contribution in [2.75, 3.05) is 19.7 Å². The average molecular weight is 362 g/mol. The molecule has 0 radical (unpaired) electrons. The van der Waals surface area contributed by atoms with Crippen molar-refractivity contribution in [2.45, 2.75) is 40.2 Å². The lowest BCUT2D eigenvalue weighted by Gasteiger charge is -2.28. The molecule has 1 aromatic carbocycles. The van der Waals surface area contributed by atoms with Gasteiger partial charge in [-0.2, -0.15) is 0 Å². The van der Waals surface area contributed by atoms with Crippen molar-refractivity contribution in [3.8, 4) is 0 Å². The van der Waals surface area contributed by atoms with Gasteiger partial charge in [0.25, 0.3) is 0 Å². The van der Waals surface area contributed by atoms with Crippen molar-refractivity contribution >= 4 is 28.5 Å². The number of nitrogens with one attached hydrogen (secondary N) is 1. The van der Waals surface area contributed by atoms with Crippen LogP contribution in [0, 0.1) is 19.8 Å². The summed E-state index contributed by atoms with van der Waals surface area (Å²) in [6.45, 7) is 9.28. The number of likely N-dealkylation sites (tertiary alicyclic amines) is 1. The molecule has 1 fully saturated rings. The van der Waals surface area contributed by atoms with Crippen LogP contribution in [-0.4, -0.2) is 30.6 Å². The van der Waals surface area contributed by atoms with Gasteiger partial charge in [-0.3, -0.25) is 4.79 Å². The highest BCUT2D eigenvalue weighted by Gasteiger charge is 2.28. The normalized spacial score (nSPS) is 20.6. The van der Waals surface area contributed by atoms with Crippen molar-refractivity contribution in [1.29, 1.82) is 0 Å². The molecule has 5 heteroatoms. The number of carbonyl (C=O) groups is 1. The molecule has 1 N–H and O–H groups in total. The minimum absolute atomic E-state index is 0.0437. The Labute approximate surface area is 154 Å². The van der Waals surface area contributed by atoms with Gasteiger partial charge >= 0.3 is 5.97 Å². The fourth-order valence-corrected chi connectivity index (χ4v) is 3.80. The first kappa shape index (κ1) is 18.2. The van der Waals surface area contributed by atoms with Gasteiger partial charge in [0.05, 0.1) is 31.1 Å². The number of halogens is 1. The molecule has 4 nitrogen and oxygen atoms in total. The minimum Gasteiger partial charge on any atom is -0.466 e. The zero-order valence-electron chi connectivity index (χ0n) is 15.2. The molecule has 2 heterocycles. The Balaban J connectivity index is 1.71. The van der Waals surface area contributed by atoms with Crippen molar-refractivity contribution in [3.63, 3.8) is 0 Å². The van der Waals surface area contributed by atoms with E-state index in [1.807, 2.05) is 6.92 Å². The number of rotatable bonds is 4. The zero-order chi connectivity index (χ0) is 18.0. The van der Waals surface area contributed by atoms with E-state index < -0.39 is 0 Å². The van der Waals surface area contributed by atoms with Gasteiger partial charge < -0.3 is 9.64 Å². The molecule has 0 bridgehead atoms. The van der Waals surface area contributed by atoms with E-state index in [9.17, 15) is 4.79 Å².